The highest BCUT2D eigenvalue weighted by atomic mass is 19.1. The Labute approximate surface area is 206 Å². The van der Waals surface area contributed by atoms with Crippen LogP contribution in [0.5, 0.6) is 5.75 Å². The van der Waals surface area contributed by atoms with Crippen LogP contribution >= 0.6 is 0 Å². The van der Waals surface area contributed by atoms with Gasteiger partial charge in [0.2, 0.25) is 0 Å². The molecule has 0 radical (unpaired) electrons. The molecule has 2 saturated heterocycles. The van der Waals surface area contributed by atoms with Crippen molar-refractivity contribution in [3.63, 3.8) is 0 Å². The smallest absolute Gasteiger partial charge is 0.257 e. The summed E-state index contributed by atoms with van der Waals surface area (Å²) in [4.78, 5) is 41.9. The molecule has 3 N–H and O–H groups in total. The first-order valence-corrected chi connectivity index (χ1v) is 12.0. The highest BCUT2D eigenvalue weighted by molar-refractivity contribution is 5.99. The number of aromatic hydroxyl groups is 1. The lowest BCUT2D eigenvalue weighted by Gasteiger charge is -2.43. The molecule has 1 atom stereocenters. The minimum atomic E-state index is -0.767. The van der Waals surface area contributed by atoms with Crippen molar-refractivity contribution in [2.75, 3.05) is 50.0 Å². The predicted molar refractivity (Wildman–Crippen MR) is 134 cm³/mol. The third-order valence-corrected chi connectivity index (χ3v) is 6.89. The van der Waals surface area contributed by atoms with E-state index < -0.39 is 16.7 Å². The number of piperazine rings is 1. The van der Waals surface area contributed by atoms with Gasteiger partial charge in [0.1, 0.15) is 17.2 Å². The SMILES string of the molecule is CCc1c(F)cccc1Nc1c(Nc2cccc(C(=O)N3CCN4CCOCC4C3)c2O)c(=O)c1=O. The summed E-state index contributed by atoms with van der Waals surface area (Å²) in [5.74, 6) is -1.05. The second-order valence-corrected chi connectivity index (χ2v) is 9.00. The van der Waals surface area contributed by atoms with Crippen molar-refractivity contribution < 1.29 is 19.0 Å². The second-order valence-electron chi connectivity index (χ2n) is 9.00. The normalized spacial score (nSPS) is 18.2. The molecule has 9 nitrogen and oxygen atoms in total. The topological polar surface area (TPSA) is 111 Å². The number of nitrogens with one attached hydrogen (secondary N) is 2. The predicted octanol–water partition coefficient (Wildman–Crippen LogP) is 2.33. The Kier molecular flexibility index (Phi) is 6.46. The summed E-state index contributed by atoms with van der Waals surface area (Å²) in [6.45, 7) is 5.63. The number of hydrogen-bond donors (Lipinski definition) is 3. The maximum atomic E-state index is 14.2. The van der Waals surface area contributed by atoms with E-state index in [0.29, 0.717) is 44.0 Å². The van der Waals surface area contributed by atoms with Gasteiger partial charge in [0.15, 0.2) is 5.75 Å². The Bertz CT molecular complexity index is 1380. The first-order chi connectivity index (χ1) is 17.4. The van der Waals surface area contributed by atoms with Crippen LogP contribution in [0.2, 0.25) is 0 Å². The zero-order valence-electron chi connectivity index (χ0n) is 19.8. The van der Waals surface area contributed by atoms with E-state index >= 15 is 0 Å². The third kappa shape index (κ3) is 4.22. The first-order valence-electron chi connectivity index (χ1n) is 12.0. The Hall–Kier alpha value is -3.76. The van der Waals surface area contributed by atoms with Crippen molar-refractivity contribution in [3.8, 4) is 5.75 Å². The van der Waals surface area contributed by atoms with E-state index in [0.717, 1.165) is 13.1 Å². The molecule has 2 heterocycles. The molecule has 3 aromatic rings. The maximum absolute atomic E-state index is 14.2. The van der Waals surface area contributed by atoms with Gasteiger partial charge in [0.25, 0.3) is 16.8 Å². The van der Waals surface area contributed by atoms with Crippen molar-refractivity contribution in [2.45, 2.75) is 19.4 Å². The molecule has 1 unspecified atom stereocenters. The highest BCUT2D eigenvalue weighted by Crippen LogP contribution is 2.34. The van der Waals surface area contributed by atoms with E-state index in [4.69, 9.17) is 4.74 Å². The van der Waals surface area contributed by atoms with Gasteiger partial charge in [-0.25, -0.2) is 4.39 Å². The molecule has 2 aliphatic heterocycles. The van der Waals surface area contributed by atoms with E-state index in [2.05, 4.69) is 15.5 Å². The van der Waals surface area contributed by atoms with Crippen LogP contribution in [0.25, 0.3) is 0 Å². The fourth-order valence-electron chi connectivity index (χ4n) is 4.85. The van der Waals surface area contributed by atoms with Gasteiger partial charge >= 0.3 is 0 Å². The quantitative estimate of drug-likeness (QED) is 0.354. The lowest BCUT2D eigenvalue weighted by Crippen LogP contribution is -2.59. The molecule has 3 aromatic carbocycles. The summed E-state index contributed by atoms with van der Waals surface area (Å²) in [6, 6.07) is 9.20. The Morgan fingerprint density at radius 3 is 2.50 bits per heavy atom. The average Bonchev–Trinajstić information content (AvgIpc) is 2.90. The summed E-state index contributed by atoms with van der Waals surface area (Å²) in [6.07, 6.45) is 0.388. The van der Waals surface area contributed by atoms with E-state index in [-0.39, 0.29) is 40.3 Å². The Morgan fingerprint density at radius 2 is 1.75 bits per heavy atom. The number of morpholine rings is 1. The third-order valence-electron chi connectivity index (χ3n) is 6.89. The lowest BCUT2D eigenvalue weighted by atomic mass is 10.1. The van der Waals surface area contributed by atoms with Gasteiger partial charge in [0, 0.05) is 37.4 Å². The van der Waals surface area contributed by atoms with Crippen LogP contribution in [-0.2, 0) is 11.2 Å². The zero-order chi connectivity index (χ0) is 25.4. The van der Waals surface area contributed by atoms with Crippen molar-refractivity contribution in [3.05, 3.63) is 73.8 Å². The van der Waals surface area contributed by atoms with Crippen LogP contribution < -0.4 is 21.5 Å². The molecular weight excluding hydrogens is 467 g/mol. The van der Waals surface area contributed by atoms with Crippen molar-refractivity contribution in [1.29, 1.82) is 0 Å². The number of halogens is 1. The number of amides is 1. The van der Waals surface area contributed by atoms with Crippen LogP contribution in [0.15, 0.2) is 46.0 Å². The van der Waals surface area contributed by atoms with Crippen LogP contribution in [0.1, 0.15) is 22.8 Å². The first kappa shape index (κ1) is 24.0. The molecule has 5 rings (SSSR count). The molecule has 36 heavy (non-hydrogen) atoms. The number of carbonyl (C=O) groups excluding carboxylic acids is 1. The number of benzene rings is 2. The summed E-state index contributed by atoms with van der Waals surface area (Å²) < 4.78 is 19.7. The second kappa shape index (κ2) is 9.71. The van der Waals surface area contributed by atoms with E-state index in [1.807, 2.05) is 0 Å². The summed E-state index contributed by atoms with van der Waals surface area (Å²) >= 11 is 0. The highest BCUT2D eigenvalue weighted by Gasteiger charge is 2.33. The number of phenolic OH excluding ortho intramolecular Hbond substituents is 1. The van der Waals surface area contributed by atoms with Gasteiger partial charge < -0.3 is 25.4 Å². The number of rotatable bonds is 6. The molecule has 1 amide bonds. The van der Waals surface area contributed by atoms with E-state index in [9.17, 15) is 23.9 Å². The van der Waals surface area contributed by atoms with Gasteiger partial charge in [-0.3, -0.25) is 19.3 Å². The zero-order valence-corrected chi connectivity index (χ0v) is 19.8. The van der Waals surface area contributed by atoms with Crippen molar-refractivity contribution >= 4 is 28.7 Å². The molecule has 0 aliphatic carbocycles. The van der Waals surface area contributed by atoms with Gasteiger partial charge in [-0.15, -0.1) is 0 Å². The van der Waals surface area contributed by atoms with E-state index in [1.54, 1.807) is 24.0 Å². The molecule has 0 aromatic heterocycles. The van der Waals surface area contributed by atoms with Crippen LogP contribution in [0.3, 0.4) is 0 Å². The Balaban J connectivity index is 1.37. The minimum absolute atomic E-state index is 0.0233. The van der Waals surface area contributed by atoms with Crippen molar-refractivity contribution in [2.24, 2.45) is 0 Å². The number of para-hydroxylation sites is 1. The van der Waals surface area contributed by atoms with Gasteiger partial charge in [-0.2, -0.15) is 0 Å². The molecule has 0 bridgehead atoms. The molecule has 2 aliphatic rings. The summed E-state index contributed by atoms with van der Waals surface area (Å²) in [5.41, 5.74) is -0.618. The van der Waals surface area contributed by atoms with Gasteiger partial charge in [-0.05, 0) is 30.7 Å². The average molecular weight is 495 g/mol. The monoisotopic (exact) mass is 494 g/mol. The van der Waals surface area contributed by atoms with Crippen LogP contribution in [0.4, 0.5) is 27.1 Å². The molecular formula is C26H27FN4O5. The number of nitrogens with zero attached hydrogens (tertiary/aromatic N) is 2. The molecule has 0 spiro atoms. The van der Waals surface area contributed by atoms with E-state index in [1.165, 1.54) is 24.3 Å². The largest absolute Gasteiger partial charge is 0.505 e. The minimum Gasteiger partial charge on any atom is -0.505 e. The molecule has 2 fully saturated rings. The number of fused-ring (bicyclic) bond motifs is 1. The van der Waals surface area contributed by atoms with Gasteiger partial charge in [-0.1, -0.05) is 19.1 Å². The summed E-state index contributed by atoms with van der Waals surface area (Å²) in [7, 11) is 0. The van der Waals surface area contributed by atoms with Crippen molar-refractivity contribution in [1.82, 2.24) is 9.80 Å². The fourth-order valence-corrected chi connectivity index (χ4v) is 4.85. The number of anilines is 4. The summed E-state index contributed by atoms with van der Waals surface area (Å²) in [5, 5.41) is 16.6. The molecule has 10 heteroatoms. The fraction of sp³-hybridized carbons (Fsp3) is 0.346. The standard InChI is InChI=1S/C26H27FN4O5/c1-2-16-18(27)6-4-7-19(16)28-21-22(25(34)24(21)33)29-20-8-3-5-17(23(20)32)26(35)31-10-9-30-11-12-36-14-15(30)13-31/h3-8,15,28-29,32H,2,9-14H2,1H3. The number of hydrogen-bond acceptors (Lipinski definition) is 8. The maximum Gasteiger partial charge on any atom is 0.257 e. The molecule has 188 valence electrons. The number of ether oxygens (including phenoxy) is 1. The van der Waals surface area contributed by atoms with Crippen LogP contribution in [-0.4, -0.2) is 66.2 Å². The molecule has 0 saturated carbocycles. The van der Waals surface area contributed by atoms with Gasteiger partial charge in [0.05, 0.1) is 30.5 Å². The van der Waals surface area contributed by atoms with Crippen LogP contribution in [0, 0.1) is 5.82 Å². The number of phenols is 1. The lowest BCUT2D eigenvalue weighted by molar-refractivity contribution is -0.0395. The Morgan fingerprint density at radius 1 is 1.06 bits per heavy atom. The number of carbonyl (C=O) groups is 1.